The molecule has 0 radical (unpaired) electrons. The van der Waals surface area contributed by atoms with Crippen LogP contribution in [-0.2, 0) is 4.79 Å². The van der Waals surface area contributed by atoms with E-state index in [4.69, 9.17) is 0 Å². The summed E-state index contributed by atoms with van der Waals surface area (Å²) in [6.07, 6.45) is 1.15. The number of hydrogen-bond donors (Lipinski definition) is 0. The second-order valence-electron chi connectivity index (χ2n) is 8.88. The van der Waals surface area contributed by atoms with Crippen molar-refractivity contribution in [1.82, 2.24) is 9.80 Å². The van der Waals surface area contributed by atoms with Gasteiger partial charge in [0.15, 0.2) is 5.78 Å². The molecule has 2 heterocycles. The molecular formula is C25H26Br2N2O3. The van der Waals surface area contributed by atoms with Gasteiger partial charge in [-0.2, -0.15) is 0 Å². The van der Waals surface area contributed by atoms with Gasteiger partial charge in [0.05, 0.1) is 22.0 Å². The lowest BCUT2D eigenvalue weighted by Gasteiger charge is -2.57. The first-order chi connectivity index (χ1) is 15.3. The van der Waals surface area contributed by atoms with Crippen LogP contribution in [0.1, 0.15) is 47.4 Å². The molecule has 2 aromatic carbocycles. The molecule has 5 nitrogen and oxygen atoms in total. The Morgan fingerprint density at radius 1 is 0.750 bits per heavy atom. The molecule has 0 aliphatic carbocycles. The Labute approximate surface area is 205 Å². The van der Waals surface area contributed by atoms with Gasteiger partial charge in [0.1, 0.15) is 0 Å². The van der Waals surface area contributed by atoms with Gasteiger partial charge in [-0.05, 0) is 69.0 Å². The molecule has 2 saturated heterocycles. The number of Topliss-reactive ketones (excluding diaryl/α,β-unsaturated/α-hetero) is 1. The standard InChI is InChI=1S/C25H26Br2N2O3/c1-3-24-13-28(21(30)17-9-5-7-11-19(17)26)15-25(4-2,23(24)32)16-29(14-24)22(31)18-10-6-8-12-20(18)27/h5-12H,3-4,13-16H2,1-2H3. The molecule has 0 aromatic heterocycles. The molecule has 0 spiro atoms. The van der Waals surface area contributed by atoms with Crippen molar-refractivity contribution in [1.29, 1.82) is 0 Å². The molecule has 2 aliphatic rings. The van der Waals surface area contributed by atoms with E-state index in [0.717, 1.165) is 8.95 Å². The molecule has 2 bridgehead atoms. The zero-order valence-electron chi connectivity index (χ0n) is 18.2. The van der Waals surface area contributed by atoms with Crippen molar-refractivity contribution in [3.05, 3.63) is 68.6 Å². The summed E-state index contributed by atoms with van der Waals surface area (Å²) in [5.74, 6) is 0.0414. The molecule has 2 aliphatic heterocycles. The number of amides is 2. The van der Waals surface area contributed by atoms with Crippen LogP contribution in [-0.4, -0.2) is 53.6 Å². The summed E-state index contributed by atoms with van der Waals surface area (Å²) >= 11 is 6.97. The number of carbonyl (C=O) groups is 3. The highest BCUT2D eigenvalue weighted by atomic mass is 79.9. The summed E-state index contributed by atoms with van der Waals surface area (Å²) in [6.45, 7) is 5.26. The van der Waals surface area contributed by atoms with Gasteiger partial charge in [0.2, 0.25) is 0 Å². The minimum atomic E-state index is -0.764. The summed E-state index contributed by atoms with van der Waals surface area (Å²) in [6, 6.07) is 14.8. The van der Waals surface area contributed by atoms with E-state index in [2.05, 4.69) is 31.9 Å². The topological polar surface area (TPSA) is 57.7 Å². The maximum Gasteiger partial charge on any atom is 0.255 e. The van der Waals surface area contributed by atoms with E-state index in [9.17, 15) is 14.4 Å². The Morgan fingerprint density at radius 3 is 1.41 bits per heavy atom. The molecule has 0 atom stereocenters. The van der Waals surface area contributed by atoms with E-state index < -0.39 is 10.8 Å². The number of likely N-dealkylation sites (tertiary alicyclic amines) is 2. The Hall–Kier alpha value is -1.99. The molecule has 2 amide bonds. The van der Waals surface area contributed by atoms with Crippen molar-refractivity contribution in [3.63, 3.8) is 0 Å². The van der Waals surface area contributed by atoms with Crippen LogP contribution >= 0.6 is 31.9 Å². The Morgan fingerprint density at radius 2 is 1.09 bits per heavy atom. The van der Waals surface area contributed by atoms with Gasteiger partial charge in [-0.15, -0.1) is 0 Å². The van der Waals surface area contributed by atoms with Crippen molar-refractivity contribution >= 4 is 49.5 Å². The van der Waals surface area contributed by atoms with Crippen molar-refractivity contribution < 1.29 is 14.4 Å². The second-order valence-corrected chi connectivity index (χ2v) is 10.6. The van der Waals surface area contributed by atoms with Crippen LogP contribution < -0.4 is 0 Å². The van der Waals surface area contributed by atoms with Crippen molar-refractivity contribution in [2.45, 2.75) is 26.7 Å². The van der Waals surface area contributed by atoms with Gasteiger partial charge in [0.25, 0.3) is 11.8 Å². The lowest BCUT2D eigenvalue weighted by atomic mass is 9.60. The zero-order valence-corrected chi connectivity index (χ0v) is 21.4. The Kier molecular flexibility index (Phi) is 6.34. The lowest BCUT2D eigenvalue weighted by molar-refractivity contribution is -0.157. The summed E-state index contributed by atoms with van der Waals surface area (Å²) in [5, 5.41) is 0. The van der Waals surface area contributed by atoms with E-state index >= 15 is 0 Å². The highest BCUT2D eigenvalue weighted by Gasteiger charge is 2.60. The van der Waals surface area contributed by atoms with Gasteiger partial charge in [-0.25, -0.2) is 0 Å². The highest BCUT2D eigenvalue weighted by molar-refractivity contribution is 9.10. The van der Waals surface area contributed by atoms with Crippen LogP contribution in [0.15, 0.2) is 57.5 Å². The van der Waals surface area contributed by atoms with Crippen LogP contribution in [0.5, 0.6) is 0 Å². The second kappa shape index (κ2) is 8.75. The van der Waals surface area contributed by atoms with E-state index in [1.165, 1.54) is 0 Å². The average Bonchev–Trinajstić information content (AvgIpc) is 2.79. The molecule has 7 heteroatoms. The first-order valence-electron chi connectivity index (χ1n) is 10.9. The lowest BCUT2D eigenvalue weighted by Crippen LogP contribution is -2.71. The normalized spacial score (nSPS) is 25.1. The molecular weight excluding hydrogens is 536 g/mol. The predicted octanol–water partition coefficient (Wildman–Crippen LogP) is 5.19. The molecule has 4 rings (SSSR count). The van der Waals surface area contributed by atoms with Gasteiger partial charge in [-0.3, -0.25) is 14.4 Å². The minimum absolute atomic E-state index is 0.0776. The molecule has 32 heavy (non-hydrogen) atoms. The zero-order chi connectivity index (χ0) is 23.1. The van der Waals surface area contributed by atoms with Crippen LogP contribution in [0.3, 0.4) is 0 Å². The number of benzene rings is 2. The van der Waals surface area contributed by atoms with Crippen molar-refractivity contribution in [2.75, 3.05) is 26.2 Å². The van der Waals surface area contributed by atoms with Gasteiger partial charge < -0.3 is 9.80 Å². The number of nitrogens with zero attached hydrogens (tertiary/aromatic N) is 2. The predicted molar refractivity (Wildman–Crippen MR) is 131 cm³/mol. The largest absolute Gasteiger partial charge is 0.336 e. The van der Waals surface area contributed by atoms with Crippen molar-refractivity contribution in [2.24, 2.45) is 10.8 Å². The molecule has 0 N–H and O–H groups in total. The quantitative estimate of drug-likeness (QED) is 0.516. The van der Waals surface area contributed by atoms with E-state index in [0.29, 0.717) is 50.1 Å². The first-order valence-corrected chi connectivity index (χ1v) is 12.5. The van der Waals surface area contributed by atoms with E-state index in [1.54, 1.807) is 12.1 Å². The third-order valence-electron chi connectivity index (χ3n) is 7.07. The summed E-state index contributed by atoms with van der Waals surface area (Å²) in [4.78, 5) is 44.3. The van der Waals surface area contributed by atoms with Crippen LogP contribution in [0.2, 0.25) is 0 Å². The Balaban J connectivity index is 1.71. The first kappa shape index (κ1) is 23.2. The maximum absolute atomic E-state index is 13.8. The number of rotatable bonds is 4. The van der Waals surface area contributed by atoms with Crippen LogP contribution in [0.4, 0.5) is 0 Å². The molecule has 168 valence electrons. The average molecular weight is 562 g/mol. The fourth-order valence-corrected chi connectivity index (χ4v) is 6.10. The highest BCUT2D eigenvalue weighted by Crippen LogP contribution is 2.47. The summed E-state index contributed by atoms with van der Waals surface area (Å²) < 4.78 is 1.49. The third-order valence-corrected chi connectivity index (χ3v) is 8.46. The number of halogens is 2. The van der Waals surface area contributed by atoms with E-state index in [-0.39, 0.29) is 17.6 Å². The Bertz CT molecular complexity index is 989. The van der Waals surface area contributed by atoms with Gasteiger partial charge in [-0.1, -0.05) is 38.1 Å². The van der Waals surface area contributed by atoms with Crippen LogP contribution in [0.25, 0.3) is 0 Å². The SMILES string of the molecule is CCC12CN(C(=O)c3ccccc3Br)CC(CC)(CN(C(=O)c3ccccc3Br)C1)C2=O. The smallest absolute Gasteiger partial charge is 0.255 e. The number of carbonyl (C=O) groups excluding carboxylic acids is 3. The number of piperidine rings is 2. The number of hydrogen-bond acceptors (Lipinski definition) is 3. The minimum Gasteiger partial charge on any atom is -0.336 e. The summed E-state index contributed by atoms with van der Waals surface area (Å²) in [7, 11) is 0. The number of fused-ring (bicyclic) bond motifs is 2. The number of ketones is 1. The van der Waals surface area contributed by atoms with Gasteiger partial charge >= 0.3 is 0 Å². The van der Waals surface area contributed by atoms with Crippen LogP contribution in [0, 0.1) is 10.8 Å². The molecule has 2 aromatic rings. The molecule has 0 saturated carbocycles. The fourth-order valence-electron chi connectivity index (χ4n) is 5.19. The summed E-state index contributed by atoms with van der Waals surface area (Å²) in [5.41, 5.74) is -0.335. The fraction of sp³-hybridized carbons (Fsp3) is 0.400. The monoisotopic (exact) mass is 560 g/mol. The maximum atomic E-state index is 13.8. The molecule has 2 fully saturated rings. The molecule has 0 unspecified atom stereocenters. The third kappa shape index (κ3) is 3.73. The van der Waals surface area contributed by atoms with Crippen molar-refractivity contribution in [3.8, 4) is 0 Å². The van der Waals surface area contributed by atoms with E-state index in [1.807, 2.05) is 60.0 Å². The van der Waals surface area contributed by atoms with Gasteiger partial charge in [0, 0.05) is 35.1 Å².